The highest BCUT2D eigenvalue weighted by atomic mass is 79.9. The van der Waals surface area contributed by atoms with Gasteiger partial charge in [-0.2, -0.15) is 0 Å². The second kappa shape index (κ2) is 5.55. The van der Waals surface area contributed by atoms with Crippen molar-refractivity contribution in [2.24, 2.45) is 5.92 Å². The molecule has 1 N–H and O–H groups in total. The van der Waals surface area contributed by atoms with Crippen molar-refractivity contribution in [3.8, 4) is 5.75 Å². The van der Waals surface area contributed by atoms with E-state index in [1.165, 1.54) is 18.4 Å². The van der Waals surface area contributed by atoms with Crippen LogP contribution in [0, 0.1) is 5.92 Å². The van der Waals surface area contributed by atoms with Gasteiger partial charge >= 0.3 is 0 Å². The van der Waals surface area contributed by atoms with Crippen LogP contribution < -0.4 is 10.1 Å². The molecule has 2 aromatic rings. The maximum absolute atomic E-state index is 5.50. The lowest BCUT2D eigenvalue weighted by atomic mass is 9.90. The van der Waals surface area contributed by atoms with E-state index in [1.807, 2.05) is 6.07 Å². The van der Waals surface area contributed by atoms with E-state index < -0.39 is 0 Å². The van der Waals surface area contributed by atoms with Gasteiger partial charge in [0.15, 0.2) is 11.3 Å². The predicted molar refractivity (Wildman–Crippen MR) is 79.8 cm³/mol. The van der Waals surface area contributed by atoms with E-state index in [1.54, 1.807) is 13.4 Å². The second-order valence-electron chi connectivity index (χ2n) is 5.11. The Morgan fingerprint density at radius 2 is 2.21 bits per heavy atom. The van der Waals surface area contributed by atoms with Gasteiger partial charge in [-0.3, -0.25) is 0 Å². The fourth-order valence-corrected chi connectivity index (χ4v) is 3.42. The Hall–Kier alpha value is -1.00. The zero-order chi connectivity index (χ0) is 13.2. The Balaban J connectivity index is 1.95. The van der Waals surface area contributed by atoms with Crippen molar-refractivity contribution in [1.29, 1.82) is 0 Å². The average Bonchev–Trinajstić information content (AvgIpc) is 2.93. The molecule has 0 spiro atoms. The first-order valence-electron chi connectivity index (χ1n) is 6.73. The van der Waals surface area contributed by atoms with E-state index in [0.29, 0.717) is 0 Å². The molecule has 0 atom stereocenters. The summed E-state index contributed by atoms with van der Waals surface area (Å²) in [6, 6.07) is 4.10. The summed E-state index contributed by atoms with van der Waals surface area (Å²) in [6.07, 6.45) is 5.31. The number of hydrogen-bond acceptors (Lipinski definition) is 3. The molecule has 3 nitrogen and oxygen atoms in total. The molecule has 0 saturated carbocycles. The Kier molecular flexibility index (Phi) is 3.80. The third kappa shape index (κ3) is 2.51. The number of benzene rings is 1. The van der Waals surface area contributed by atoms with Crippen molar-refractivity contribution in [3.63, 3.8) is 0 Å². The molecule has 1 aromatic carbocycles. The van der Waals surface area contributed by atoms with Crippen molar-refractivity contribution < 1.29 is 9.15 Å². The second-order valence-corrected chi connectivity index (χ2v) is 5.91. The molecule has 4 heteroatoms. The zero-order valence-corrected chi connectivity index (χ0v) is 12.6. The molecule has 1 aliphatic rings. The predicted octanol–water partition coefficient (Wildman–Crippen LogP) is 3.75. The Morgan fingerprint density at radius 3 is 2.95 bits per heavy atom. The molecule has 102 valence electrons. The van der Waals surface area contributed by atoms with Gasteiger partial charge in [-0.05, 0) is 71.9 Å². The van der Waals surface area contributed by atoms with E-state index in [2.05, 4.69) is 27.3 Å². The summed E-state index contributed by atoms with van der Waals surface area (Å²) in [7, 11) is 1.69. The van der Waals surface area contributed by atoms with E-state index in [4.69, 9.17) is 9.15 Å². The number of methoxy groups -OCH3 is 1. The van der Waals surface area contributed by atoms with Crippen LogP contribution in [-0.2, 0) is 6.42 Å². The van der Waals surface area contributed by atoms with Gasteiger partial charge < -0.3 is 14.5 Å². The van der Waals surface area contributed by atoms with Gasteiger partial charge in [0, 0.05) is 9.86 Å². The van der Waals surface area contributed by atoms with Crippen molar-refractivity contribution >= 4 is 26.9 Å². The molecule has 0 amide bonds. The van der Waals surface area contributed by atoms with E-state index in [0.717, 1.165) is 46.6 Å². The van der Waals surface area contributed by atoms with Crippen LogP contribution in [0.1, 0.15) is 18.4 Å². The van der Waals surface area contributed by atoms with Crippen LogP contribution in [0.25, 0.3) is 11.0 Å². The summed E-state index contributed by atoms with van der Waals surface area (Å²) in [5.74, 6) is 1.58. The Morgan fingerprint density at radius 1 is 1.42 bits per heavy atom. The molecule has 0 bridgehead atoms. The van der Waals surface area contributed by atoms with Crippen LogP contribution >= 0.6 is 15.9 Å². The topological polar surface area (TPSA) is 34.4 Å². The van der Waals surface area contributed by atoms with E-state index >= 15 is 0 Å². The molecule has 1 aliphatic heterocycles. The zero-order valence-electron chi connectivity index (χ0n) is 11.0. The van der Waals surface area contributed by atoms with Gasteiger partial charge in [0.2, 0.25) is 0 Å². The number of hydrogen-bond donors (Lipinski definition) is 1. The van der Waals surface area contributed by atoms with Crippen LogP contribution in [0.2, 0.25) is 0 Å². The number of ether oxygens (including phenoxy) is 1. The number of furan rings is 1. The monoisotopic (exact) mass is 323 g/mol. The summed E-state index contributed by atoms with van der Waals surface area (Å²) >= 11 is 3.72. The normalized spacial score (nSPS) is 16.9. The third-order valence-corrected chi connectivity index (χ3v) is 4.84. The molecule has 0 radical (unpaired) electrons. The molecule has 19 heavy (non-hydrogen) atoms. The SMILES string of the molecule is COc1cc(CC2CCNCC2)c(Br)c2ccoc12. The van der Waals surface area contributed by atoms with Gasteiger partial charge in [-0.1, -0.05) is 0 Å². The summed E-state index contributed by atoms with van der Waals surface area (Å²) in [4.78, 5) is 0. The van der Waals surface area contributed by atoms with Crippen molar-refractivity contribution in [2.45, 2.75) is 19.3 Å². The summed E-state index contributed by atoms with van der Waals surface area (Å²) in [6.45, 7) is 2.26. The molecule has 1 saturated heterocycles. The van der Waals surface area contributed by atoms with Crippen molar-refractivity contribution in [3.05, 3.63) is 28.4 Å². The number of halogens is 1. The highest BCUT2D eigenvalue weighted by molar-refractivity contribution is 9.10. The molecule has 3 rings (SSSR count). The smallest absolute Gasteiger partial charge is 0.176 e. The minimum absolute atomic E-state index is 0.756. The lowest BCUT2D eigenvalue weighted by Crippen LogP contribution is -2.28. The van der Waals surface area contributed by atoms with Gasteiger partial charge in [0.1, 0.15) is 0 Å². The number of nitrogens with one attached hydrogen (secondary N) is 1. The first-order valence-corrected chi connectivity index (χ1v) is 7.52. The van der Waals surface area contributed by atoms with E-state index in [-0.39, 0.29) is 0 Å². The number of fused-ring (bicyclic) bond motifs is 1. The van der Waals surface area contributed by atoms with E-state index in [9.17, 15) is 0 Å². The Labute approximate surface area is 121 Å². The maximum atomic E-state index is 5.50. The summed E-state index contributed by atoms with van der Waals surface area (Å²) in [5.41, 5.74) is 2.14. The summed E-state index contributed by atoms with van der Waals surface area (Å²) in [5, 5.41) is 4.51. The third-order valence-electron chi connectivity index (χ3n) is 3.90. The highest BCUT2D eigenvalue weighted by Gasteiger charge is 2.18. The van der Waals surface area contributed by atoms with Crippen LogP contribution in [0.15, 0.2) is 27.3 Å². The standard InChI is InChI=1S/C15H18BrNO2/c1-18-13-9-11(8-10-2-5-17-6-3-10)14(16)12-4-7-19-15(12)13/h4,7,9-10,17H,2-3,5-6,8H2,1H3. The number of piperidine rings is 1. The minimum Gasteiger partial charge on any atom is -0.493 e. The van der Waals surface area contributed by atoms with Gasteiger partial charge in [0.25, 0.3) is 0 Å². The first kappa shape index (κ1) is 13.0. The minimum atomic E-state index is 0.756. The molecule has 1 aromatic heterocycles. The maximum Gasteiger partial charge on any atom is 0.176 e. The lowest BCUT2D eigenvalue weighted by molar-refractivity contribution is 0.371. The van der Waals surface area contributed by atoms with Gasteiger partial charge in [-0.15, -0.1) is 0 Å². The largest absolute Gasteiger partial charge is 0.493 e. The van der Waals surface area contributed by atoms with Crippen LogP contribution in [0.5, 0.6) is 5.75 Å². The fraction of sp³-hybridized carbons (Fsp3) is 0.467. The molecule has 0 unspecified atom stereocenters. The summed E-state index contributed by atoms with van der Waals surface area (Å²) < 4.78 is 12.1. The lowest BCUT2D eigenvalue weighted by Gasteiger charge is -2.23. The van der Waals surface area contributed by atoms with Crippen molar-refractivity contribution in [1.82, 2.24) is 5.32 Å². The number of rotatable bonds is 3. The molecular formula is C15H18BrNO2. The Bertz CT molecular complexity index is 573. The quantitative estimate of drug-likeness (QED) is 0.934. The average molecular weight is 324 g/mol. The fourth-order valence-electron chi connectivity index (χ4n) is 2.83. The van der Waals surface area contributed by atoms with Crippen LogP contribution in [0.3, 0.4) is 0 Å². The van der Waals surface area contributed by atoms with Crippen LogP contribution in [-0.4, -0.2) is 20.2 Å². The van der Waals surface area contributed by atoms with Gasteiger partial charge in [-0.25, -0.2) is 0 Å². The molecule has 0 aliphatic carbocycles. The molecule has 1 fully saturated rings. The molecular weight excluding hydrogens is 306 g/mol. The van der Waals surface area contributed by atoms with Crippen LogP contribution in [0.4, 0.5) is 0 Å². The van der Waals surface area contributed by atoms with Crippen molar-refractivity contribution in [2.75, 3.05) is 20.2 Å². The molecule has 2 heterocycles. The van der Waals surface area contributed by atoms with Gasteiger partial charge in [0.05, 0.1) is 13.4 Å². The first-order chi connectivity index (χ1) is 9.29. The highest BCUT2D eigenvalue weighted by Crippen LogP contribution is 2.37.